The molecule has 0 amide bonds. The molecule has 0 aliphatic carbocycles. The van der Waals surface area contributed by atoms with Crippen LogP contribution in [0.25, 0.3) is 0 Å². The van der Waals surface area contributed by atoms with Gasteiger partial charge in [-0.1, -0.05) is 26.7 Å². The zero-order chi connectivity index (χ0) is 9.23. The van der Waals surface area contributed by atoms with Gasteiger partial charge in [0, 0.05) is 24.0 Å². The Morgan fingerprint density at radius 2 is 1.38 bits per heavy atom. The molecule has 0 atom stereocenters. The number of rotatable bonds is 8. The third-order valence-corrected chi connectivity index (χ3v) is 2.18. The summed E-state index contributed by atoms with van der Waals surface area (Å²) in [6.45, 7) is 5.21. The molecule has 0 heterocycles. The number of unbranched alkanes of at least 4 members (excludes halogenated alkanes) is 2. The van der Waals surface area contributed by atoms with E-state index in [0.717, 1.165) is 25.7 Å². The summed E-state index contributed by atoms with van der Waals surface area (Å²) >= 11 is 0. The SMILES string of the molecule is CCCCO[P+](=O)OCCCC.[Zn]. The van der Waals surface area contributed by atoms with Gasteiger partial charge in [-0.05, 0) is 12.8 Å². The third-order valence-electron chi connectivity index (χ3n) is 1.39. The second-order valence-corrected chi connectivity index (χ2v) is 3.56. The first-order valence-electron chi connectivity index (χ1n) is 4.54. The molecule has 0 fully saturated rings. The van der Waals surface area contributed by atoms with Gasteiger partial charge in [0.2, 0.25) is 0 Å². The van der Waals surface area contributed by atoms with E-state index in [1.165, 1.54) is 0 Å². The zero-order valence-corrected chi connectivity index (χ0v) is 12.5. The Kier molecular flexibility index (Phi) is 15.6. The Balaban J connectivity index is 0. The Hall–Kier alpha value is 0.643. The van der Waals surface area contributed by atoms with Crippen molar-refractivity contribution in [2.75, 3.05) is 13.2 Å². The molecule has 0 N–H and O–H groups in total. The quantitative estimate of drug-likeness (QED) is 0.381. The van der Waals surface area contributed by atoms with Crippen molar-refractivity contribution in [2.24, 2.45) is 0 Å². The van der Waals surface area contributed by atoms with Gasteiger partial charge < -0.3 is 0 Å². The fourth-order valence-electron chi connectivity index (χ4n) is 0.604. The van der Waals surface area contributed by atoms with Gasteiger partial charge in [0.1, 0.15) is 13.2 Å². The standard InChI is InChI=1S/C8H18O3P.Zn/c1-3-5-7-10-12(9)11-8-6-4-2;/h3-8H2,1-2H3;/q+1;. The average molecular weight is 259 g/mol. The fraction of sp³-hybridized carbons (Fsp3) is 1.00. The molecule has 13 heavy (non-hydrogen) atoms. The molecule has 0 rings (SSSR count). The summed E-state index contributed by atoms with van der Waals surface area (Å²) in [6, 6.07) is 0. The molecule has 0 aliphatic rings. The maximum absolute atomic E-state index is 10.9. The van der Waals surface area contributed by atoms with Gasteiger partial charge in [0.25, 0.3) is 0 Å². The van der Waals surface area contributed by atoms with Crippen LogP contribution in [0.4, 0.5) is 0 Å². The molecule has 0 aliphatic heterocycles. The van der Waals surface area contributed by atoms with Crippen molar-refractivity contribution in [1.82, 2.24) is 0 Å². The molecule has 0 aromatic rings. The minimum Gasteiger partial charge on any atom is -0.119 e. The Labute approximate surface area is 94.3 Å². The van der Waals surface area contributed by atoms with Crippen molar-refractivity contribution >= 4 is 8.25 Å². The van der Waals surface area contributed by atoms with E-state index in [2.05, 4.69) is 13.8 Å². The van der Waals surface area contributed by atoms with E-state index in [-0.39, 0.29) is 19.5 Å². The van der Waals surface area contributed by atoms with Crippen LogP contribution < -0.4 is 0 Å². The molecule has 0 unspecified atom stereocenters. The van der Waals surface area contributed by atoms with Crippen molar-refractivity contribution in [3.05, 3.63) is 0 Å². The summed E-state index contributed by atoms with van der Waals surface area (Å²) in [7, 11) is -1.85. The average Bonchev–Trinajstić information content (AvgIpc) is 2.06. The minimum absolute atomic E-state index is 0. The first-order valence-corrected chi connectivity index (χ1v) is 5.63. The van der Waals surface area contributed by atoms with E-state index in [9.17, 15) is 4.57 Å². The molecule has 0 aromatic carbocycles. The summed E-state index contributed by atoms with van der Waals surface area (Å²) in [6.07, 6.45) is 3.99. The summed E-state index contributed by atoms with van der Waals surface area (Å²) < 4.78 is 20.7. The van der Waals surface area contributed by atoms with Crippen LogP contribution in [0.3, 0.4) is 0 Å². The number of hydrogen-bond acceptors (Lipinski definition) is 3. The Bertz CT molecular complexity index is 110. The topological polar surface area (TPSA) is 35.5 Å². The molecule has 0 aromatic heterocycles. The maximum atomic E-state index is 10.9. The molecule has 74 valence electrons. The van der Waals surface area contributed by atoms with Gasteiger partial charge in [-0.15, -0.1) is 9.05 Å². The predicted molar refractivity (Wildman–Crippen MR) is 49.3 cm³/mol. The first-order chi connectivity index (χ1) is 5.81. The Morgan fingerprint density at radius 1 is 1.00 bits per heavy atom. The molecule has 3 nitrogen and oxygen atoms in total. The second kappa shape index (κ2) is 12.6. The van der Waals surface area contributed by atoms with Gasteiger partial charge >= 0.3 is 8.25 Å². The van der Waals surface area contributed by atoms with Crippen molar-refractivity contribution in [1.29, 1.82) is 0 Å². The van der Waals surface area contributed by atoms with E-state index in [1.54, 1.807) is 0 Å². The summed E-state index contributed by atoms with van der Waals surface area (Å²) in [5, 5.41) is 0. The van der Waals surface area contributed by atoms with E-state index < -0.39 is 8.25 Å². The smallest absolute Gasteiger partial charge is 0.119 e. The van der Waals surface area contributed by atoms with Crippen LogP contribution in [-0.4, -0.2) is 13.2 Å². The van der Waals surface area contributed by atoms with E-state index >= 15 is 0 Å². The van der Waals surface area contributed by atoms with Crippen LogP contribution in [0.5, 0.6) is 0 Å². The van der Waals surface area contributed by atoms with Gasteiger partial charge in [0.05, 0.1) is 0 Å². The zero-order valence-electron chi connectivity index (χ0n) is 8.62. The first kappa shape index (κ1) is 16.1. The van der Waals surface area contributed by atoms with E-state index in [4.69, 9.17) is 9.05 Å². The summed E-state index contributed by atoms with van der Waals surface area (Å²) in [5.74, 6) is 0. The second-order valence-electron chi connectivity index (χ2n) is 2.60. The van der Waals surface area contributed by atoms with Crippen LogP contribution >= 0.6 is 8.25 Å². The molecule has 0 saturated heterocycles. The molecule has 0 radical (unpaired) electrons. The minimum atomic E-state index is -1.85. The molecule has 5 heteroatoms. The van der Waals surface area contributed by atoms with Crippen LogP contribution in [0.15, 0.2) is 0 Å². The molecule has 0 spiro atoms. The Morgan fingerprint density at radius 3 is 1.69 bits per heavy atom. The van der Waals surface area contributed by atoms with Crippen molar-refractivity contribution < 1.29 is 33.1 Å². The van der Waals surface area contributed by atoms with Gasteiger partial charge in [-0.3, -0.25) is 0 Å². The van der Waals surface area contributed by atoms with Crippen LogP contribution in [0.2, 0.25) is 0 Å². The third kappa shape index (κ3) is 12.6. The van der Waals surface area contributed by atoms with Gasteiger partial charge in [0.15, 0.2) is 0 Å². The van der Waals surface area contributed by atoms with Crippen molar-refractivity contribution in [3.63, 3.8) is 0 Å². The van der Waals surface area contributed by atoms with Crippen LogP contribution in [-0.2, 0) is 33.1 Å². The maximum Gasteiger partial charge on any atom is 0.697 e. The van der Waals surface area contributed by atoms with Crippen molar-refractivity contribution in [2.45, 2.75) is 39.5 Å². The van der Waals surface area contributed by atoms with Crippen LogP contribution in [0, 0.1) is 0 Å². The van der Waals surface area contributed by atoms with Crippen molar-refractivity contribution in [3.8, 4) is 0 Å². The van der Waals surface area contributed by atoms with Gasteiger partial charge in [-0.25, -0.2) is 0 Å². The van der Waals surface area contributed by atoms with Crippen LogP contribution in [0.1, 0.15) is 39.5 Å². The molecular weight excluding hydrogens is 240 g/mol. The largest absolute Gasteiger partial charge is 0.697 e. The fourth-order valence-corrected chi connectivity index (χ4v) is 1.23. The predicted octanol–water partition coefficient (Wildman–Crippen LogP) is 3.27. The monoisotopic (exact) mass is 257 g/mol. The molecule has 0 saturated carbocycles. The molecule has 0 bridgehead atoms. The van der Waals surface area contributed by atoms with Gasteiger partial charge in [-0.2, -0.15) is 0 Å². The normalized spacial score (nSPS) is 9.38. The molecular formula is C8H18O3PZn+. The number of hydrogen-bond donors (Lipinski definition) is 0. The summed E-state index contributed by atoms with van der Waals surface area (Å²) in [5.41, 5.74) is 0. The summed E-state index contributed by atoms with van der Waals surface area (Å²) in [4.78, 5) is 0. The van der Waals surface area contributed by atoms with E-state index in [0.29, 0.717) is 13.2 Å². The van der Waals surface area contributed by atoms with E-state index in [1.807, 2.05) is 0 Å².